The van der Waals surface area contributed by atoms with Gasteiger partial charge in [-0.1, -0.05) is 18.2 Å². The Morgan fingerprint density at radius 1 is 1.32 bits per heavy atom. The van der Waals surface area contributed by atoms with E-state index >= 15 is 0 Å². The second-order valence-corrected chi connectivity index (χ2v) is 5.46. The van der Waals surface area contributed by atoms with Crippen LogP contribution in [0.4, 0.5) is 0 Å². The number of methoxy groups -OCH3 is 1. The quantitative estimate of drug-likeness (QED) is 0.414. The van der Waals surface area contributed by atoms with E-state index in [1.807, 2.05) is 12.1 Å². The lowest BCUT2D eigenvalue weighted by Crippen LogP contribution is -2.12. The monoisotopic (exact) mass is 286 g/mol. The first kappa shape index (κ1) is 15.5. The molecule has 1 aromatic carbocycles. The fourth-order valence-corrected chi connectivity index (χ4v) is 1.90. The molecule has 0 unspecified atom stereocenters. The first-order valence-corrected chi connectivity index (χ1v) is 7.53. The second-order valence-electron chi connectivity index (χ2n) is 3.82. The van der Waals surface area contributed by atoms with E-state index in [9.17, 15) is 8.42 Å². The van der Waals surface area contributed by atoms with E-state index in [0.717, 1.165) is 11.8 Å². The van der Waals surface area contributed by atoms with Gasteiger partial charge in [-0.25, -0.2) is 0 Å². The van der Waals surface area contributed by atoms with Crippen molar-refractivity contribution in [3.8, 4) is 11.5 Å². The van der Waals surface area contributed by atoms with Crippen LogP contribution < -0.4 is 9.47 Å². The lowest BCUT2D eigenvalue weighted by atomic mass is 10.1. The standard InChI is InChI=1S/C13H18O5S/c1-4-6-11-7-5-8-12(16-2)13(11)17-9-10-18-19(3,14)15/h4-5,7-8H,1,6,9-10H2,2-3H3. The van der Waals surface area contributed by atoms with Gasteiger partial charge in [-0.05, 0) is 12.5 Å². The average molecular weight is 286 g/mol. The fourth-order valence-electron chi connectivity index (χ4n) is 1.53. The molecule has 19 heavy (non-hydrogen) atoms. The minimum absolute atomic E-state index is 0.0373. The molecule has 0 bridgehead atoms. The molecule has 6 heteroatoms. The Balaban J connectivity index is 2.72. The molecule has 0 saturated carbocycles. The zero-order valence-electron chi connectivity index (χ0n) is 11.1. The summed E-state index contributed by atoms with van der Waals surface area (Å²) < 4.78 is 37.0. The Labute approximate surface area is 113 Å². The largest absolute Gasteiger partial charge is 0.493 e. The van der Waals surface area contributed by atoms with Crippen molar-refractivity contribution in [2.45, 2.75) is 6.42 Å². The Kier molecular flexibility index (Phi) is 5.85. The fraction of sp³-hybridized carbons (Fsp3) is 0.385. The molecule has 1 rings (SSSR count). The summed E-state index contributed by atoms with van der Waals surface area (Å²) in [6, 6.07) is 5.54. The number of ether oxygens (including phenoxy) is 2. The van der Waals surface area contributed by atoms with Crippen molar-refractivity contribution in [2.75, 3.05) is 26.6 Å². The summed E-state index contributed by atoms with van der Waals surface area (Å²) in [6.45, 7) is 3.77. The molecule has 0 spiro atoms. The molecular formula is C13H18O5S. The molecule has 0 fully saturated rings. The number of rotatable bonds is 8. The Morgan fingerprint density at radius 3 is 2.63 bits per heavy atom. The molecule has 106 valence electrons. The molecule has 0 aliphatic heterocycles. The smallest absolute Gasteiger partial charge is 0.264 e. The van der Waals surface area contributed by atoms with Gasteiger partial charge < -0.3 is 9.47 Å². The molecule has 0 N–H and O–H groups in total. The highest BCUT2D eigenvalue weighted by molar-refractivity contribution is 7.85. The second kappa shape index (κ2) is 7.16. The average Bonchev–Trinajstić information content (AvgIpc) is 2.35. The molecule has 0 heterocycles. The molecule has 1 aromatic rings. The van der Waals surface area contributed by atoms with Crippen LogP contribution >= 0.6 is 0 Å². The van der Waals surface area contributed by atoms with Gasteiger partial charge >= 0.3 is 0 Å². The maximum atomic E-state index is 10.8. The van der Waals surface area contributed by atoms with Gasteiger partial charge in [-0.2, -0.15) is 8.42 Å². The third kappa shape index (κ3) is 5.32. The Morgan fingerprint density at radius 2 is 2.05 bits per heavy atom. The van der Waals surface area contributed by atoms with Crippen LogP contribution in [0.15, 0.2) is 30.9 Å². The lowest BCUT2D eigenvalue weighted by molar-refractivity contribution is 0.215. The molecule has 0 aliphatic carbocycles. The number of hydrogen-bond acceptors (Lipinski definition) is 5. The summed E-state index contributed by atoms with van der Waals surface area (Å²) >= 11 is 0. The minimum Gasteiger partial charge on any atom is -0.493 e. The van der Waals surface area contributed by atoms with Gasteiger partial charge in [0.05, 0.1) is 13.4 Å². The van der Waals surface area contributed by atoms with Crippen molar-refractivity contribution >= 4 is 10.1 Å². The molecule has 0 saturated heterocycles. The van der Waals surface area contributed by atoms with Crippen molar-refractivity contribution in [2.24, 2.45) is 0 Å². The Hall–Kier alpha value is -1.53. The van der Waals surface area contributed by atoms with Gasteiger partial charge in [-0.15, -0.1) is 6.58 Å². The highest BCUT2D eigenvalue weighted by atomic mass is 32.2. The van der Waals surface area contributed by atoms with Crippen LogP contribution in [0.3, 0.4) is 0 Å². The number of benzene rings is 1. The van der Waals surface area contributed by atoms with Crippen LogP contribution in [0.5, 0.6) is 11.5 Å². The van der Waals surface area contributed by atoms with Gasteiger partial charge in [0.15, 0.2) is 11.5 Å². The number of para-hydroxylation sites is 1. The molecular weight excluding hydrogens is 268 g/mol. The summed E-state index contributed by atoms with van der Waals surface area (Å²) in [6.07, 6.45) is 3.40. The van der Waals surface area contributed by atoms with E-state index in [4.69, 9.17) is 9.47 Å². The van der Waals surface area contributed by atoms with Crippen molar-refractivity contribution in [3.05, 3.63) is 36.4 Å². The predicted molar refractivity (Wildman–Crippen MR) is 73.2 cm³/mol. The normalized spacial score (nSPS) is 11.1. The minimum atomic E-state index is -3.44. The van der Waals surface area contributed by atoms with Crippen molar-refractivity contribution < 1.29 is 22.1 Å². The maximum Gasteiger partial charge on any atom is 0.264 e. The van der Waals surface area contributed by atoms with E-state index in [2.05, 4.69) is 10.8 Å². The van der Waals surface area contributed by atoms with Gasteiger partial charge in [0.25, 0.3) is 10.1 Å². The third-order valence-electron chi connectivity index (χ3n) is 2.27. The van der Waals surface area contributed by atoms with Gasteiger partial charge in [-0.3, -0.25) is 4.18 Å². The van der Waals surface area contributed by atoms with E-state index < -0.39 is 10.1 Å². The van der Waals surface area contributed by atoms with Crippen LogP contribution in [0, 0.1) is 0 Å². The molecule has 5 nitrogen and oxygen atoms in total. The highest BCUT2D eigenvalue weighted by Crippen LogP contribution is 2.31. The zero-order chi connectivity index (χ0) is 14.3. The molecule has 0 amide bonds. The first-order chi connectivity index (χ1) is 8.98. The Bertz CT molecular complexity index is 522. The van der Waals surface area contributed by atoms with Crippen molar-refractivity contribution in [1.29, 1.82) is 0 Å². The zero-order valence-corrected chi connectivity index (χ0v) is 11.9. The van der Waals surface area contributed by atoms with Gasteiger partial charge in [0, 0.05) is 5.56 Å². The molecule has 0 aromatic heterocycles. The van der Waals surface area contributed by atoms with E-state index in [1.165, 1.54) is 0 Å². The molecule has 0 atom stereocenters. The van der Waals surface area contributed by atoms with Gasteiger partial charge in [0.1, 0.15) is 13.2 Å². The summed E-state index contributed by atoms with van der Waals surface area (Å²) in [5.41, 5.74) is 0.925. The van der Waals surface area contributed by atoms with E-state index in [-0.39, 0.29) is 13.2 Å². The summed E-state index contributed by atoms with van der Waals surface area (Å²) in [7, 11) is -1.89. The molecule has 0 aliphatic rings. The van der Waals surface area contributed by atoms with Crippen LogP contribution in [-0.2, 0) is 20.7 Å². The van der Waals surface area contributed by atoms with Crippen LogP contribution in [0.25, 0.3) is 0 Å². The summed E-state index contributed by atoms with van der Waals surface area (Å²) in [5.74, 6) is 1.18. The summed E-state index contributed by atoms with van der Waals surface area (Å²) in [4.78, 5) is 0. The van der Waals surface area contributed by atoms with E-state index in [0.29, 0.717) is 17.9 Å². The maximum absolute atomic E-state index is 10.8. The highest BCUT2D eigenvalue weighted by Gasteiger charge is 2.10. The third-order valence-corrected chi connectivity index (χ3v) is 2.87. The topological polar surface area (TPSA) is 61.8 Å². The predicted octanol–water partition coefficient (Wildman–Crippen LogP) is 1.78. The number of hydrogen-bond donors (Lipinski definition) is 0. The van der Waals surface area contributed by atoms with Crippen LogP contribution in [-0.4, -0.2) is 35.0 Å². The van der Waals surface area contributed by atoms with E-state index in [1.54, 1.807) is 19.3 Å². The first-order valence-electron chi connectivity index (χ1n) is 5.72. The molecule has 0 radical (unpaired) electrons. The van der Waals surface area contributed by atoms with Crippen LogP contribution in [0.2, 0.25) is 0 Å². The lowest BCUT2D eigenvalue weighted by Gasteiger charge is -2.14. The SMILES string of the molecule is C=CCc1cccc(OC)c1OCCOS(C)(=O)=O. The van der Waals surface area contributed by atoms with Gasteiger partial charge in [0.2, 0.25) is 0 Å². The van der Waals surface area contributed by atoms with Crippen LogP contribution in [0.1, 0.15) is 5.56 Å². The summed E-state index contributed by atoms with van der Waals surface area (Å²) in [5, 5.41) is 0. The number of allylic oxidation sites excluding steroid dienone is 1. The van der Waals surface area contributed by atoms with Crippen molar-refractivity contribution in [1.82, 2.24) is 0 Å². The van der Waals surface area contributed by atoms with Crippen molar-refractivity contribution in [3.63, 3.8) is 0 Å².